The van der Waals surface area contributed by atoms with Gasteiger partial charge in [0.25, 0.3) is 0 Å². The number of benzene rings is 1. The van der Waals surface area contributed by atoms with Crippen LogP contribution in [0.4, 0.5) is 5.69 Å². The fourth-order valence-electron chi connectivity index (χ4n) is 6.72. The lowest BCUT2D eigenvalue weighted by atomic mass is 9.74. The smallest absolute Gasteiger partial charge is 0.246 e. The zero-order valence-corrected chi connectivity index (χ0v) is 23.3. The summed E-state index contributed by atoms with van der Waals surface area (Å²) >= 11 is 6.27. The maximum atomic E-state index is 14.0. The van der Waals surface area contributed by atoms with Gasteiger partial charge in [-0.15, -0.1) is 0 Å². The molecule has 3 amide bonds. The molecule has 5 atom stereocenters. The second kappa shape index (κ2) is 11.0. The molecule has 3 aliphatic heterocycles. The number of nitrogens with zero attached hydrogens (tertiary/aromatic N) is 2. The largest absolute Gasteiger partial charge is 0.359 e. The molecule has 1 spiro atoms. The highest BCUT2D eigenvalue weighted by Gasteiger charge is 2.72. The normalized spacial score (nSPS) is 30.2. The summed E-state index contributed by atoms with van der Waals surface area (Å²) < 4.78 is 6.45. The SMILES string of the molecule is CCN(CC)CCN1C(=O)[C@@H]2[C@H](C(=O)Nc3ccc(C)c(Cl)c3)[C@@H]3C=C[C@@]2(O3)[C@H]1C(=O)NC1CCCCC1. The molecule has 1 aromatic carbocycles. The van der Waals surface area contributed by atoms with Crippen molar-refractivity contribution in [2.45, 2.75) is 76.7 Å². The average molecular weight is 543 g/mol. The molecule has 2 bridgehead atoms. The number of aryl methyl sites for hydroxylation is 1. The number of carbonyl (C=O) groups is 3. The number of hydrogen-bond acceptors (Lipinski definition) is 5. The fraction of sp³-hybridized carbons (Fsp3) is 0.621. The second-order valence-corrected chi connectivity index (χ2v) is 11.5. The molecule has 2 N–H and O–H groups in total. The molecule has 38 heavy (non-hydrogen) atoms. The number of carbonyl (C=O) groups excluding carboxylic acids is 3. The van der Waals surface area contributed by atoms with E-state index in [2.05, 4.69) is 29.4 Å². The van der Waals surface area contributed by atoms with Crippen molar-refractivity contribution in [3.63, 3.8) is 0 Å². The summed E-state index contributed by atoms with van der Waals surface area (Å²) in [6, 6.07) is 4.66. The Balaban J connectivity index is 1.42. The summed E-state index contributed by atoms with van der Waals surface area (Å²) in [6.07, 6.45) is 8.44. The third-order valence-electron chi connectivity index (χ3n) is 8.87. The van der Waals surface area contributed by atoms with Gasteiger partial charge in [0, 0.05) is 29.8 Å². The Bertz CT molecular complexity index is 1120. The summed E-state index contributed by atoms with van der Waals surface area (Å²) in [5.41, 5.74) is 0.342. The molecule has 3 heterocycles. The lowest BCUT2D eigenvalue weighted by molar-refractivity contribution is -0.141. The lowest BCUT2D eigenvalue weighted by Crippen LogP contribution is -2.57. The van der Waals surface area contributed by atoms with Crippen molar-refractivity contribution in [2.75, 3.05) is 31.5 Å². The van der Waals surface area contributed by atoms with E-state index in [4.69, 9.17) is 16.3 Å². The van der Waals surface area contributed by atoms with Gasteiger partial charge >= 0.3 is 0 Å². The number of nitrogens with one attached hydrogen (secondary N) is 2. The van der Waals surface area contributed by atoms with Crippen LogP contribution in [0.25, 0.3) is 0 Å². The molecular weight excluding hydrogens is 504 g/mol. The lowest BCUT2D eigenvalue weighted by Gasteiger charge is -2.34. The molecule has 3 fully saturated rings. The molecule has 9 heteroatoms. The number of ether oxygens (including phenoxy) is 1. The van der Waals surface area contributed by atoms with E-state index in [0.717, 1.165) is 44.3 Å². The van der Waals surface area contributed by atoms with Crippen molar-refractivity contribution in [1.82, 2.24) is 15.1 Å². The molecule has 206 valence electrons. The Morgan fingerprint density at radius 1 is 1.16 bits per heavy atom. The van der Waals surface area contributed by atoms with Crippen molar-refractivity contribution >= 4 is 35.0 Å². The molecule has 0 unspecified atom stereocenters. The van der Waals surface area contributed by atoms with Gasteiger partial charge in [-0.3, -0.25) is 14.4 Å². The van der Waals surface area contributed by atoms with Crippen LogP contribution in [0.5, 0.6) is 0 Å². The Kier molecular flexibility index (Phi) is 7.85. The number of fused-ring (bicyclic) bond motifs is 1. The summed E-state index contributed by atoms with van der Waals surface area (Å²) in [5.74, 6) is -2.14. The third-order valence-corrected chi connectivity index (χ3v) is 9.27. The van der Waals surface area contributed by atoms with Crippen molar-refractivity contribution in [3.05, 3.63) is 40.9 Å². The first kappa shape index (κ1) is 27.2. The second-order valence-electron chi connectivity index (χ2n) is 11.1. The van der Waals surface area contributed by atoms with E-state index >= 15 is 0 Å². The minimum Gasteiger partial charge on any atom is -0.359 e. The fourth-order valence-corrected chi connectivity index (χ4v) is 6.90. The number of likely N-dealkylation sites (N-methyl/N-ethyl adjacent to an activating group) is 1. The van der Waals surface area contributed by atoms with Crippen LogP contribution in [-0.2, 0) is 19.1 Å². The highest BCUT2D eigenvalue weighted by molar-refractivity contribution is 6.31. The summed E-state index contributed by atoms with van der Waals surface area (Å²) in [7, 11) is 0. The Morgan fingerprint density at radius 3 is 2.58 bits per heavy atom. The van der Waals surface area contributed by atoms with Crippen LogP contribution in [0, 0.1) is 18.8 Å². The van der Waals surface area contributed by atoms with Gasteiger partial charge in [-0.25, -0.2) is 0 Å². The summed E-state index contributed by atoms with van der Waals surface area (Å²) in [6.45, 7) is 8.84. The van der Waals surface area contributed by atoms with Gasteiger partial charge in [-0.1, -0.05) is 62.9 Å². The molecule has 0 aromatic heterocycles. The van der Waals surface area contributed by atoms with Gasteiger partial charge < -0.3 is 25.2 Å². The van der Waals surface area contributed by atoms with E-state index in [9.17, 15) is 14.4 Å². The van der Waals surface area contributed by atoms with Crippen molar-refractivity contribution in [2.24, 2.45) is 11.8 Å². The van der Waals surface area contributed by atoms with Crippen LogP contribution in [0.3, 0.4) is 0 Å². The topological polar surface area (TPSA) is 91.0 Å². The van der Waals surface area contributed by atoms with Gasteiger partial charge in [0.1, 0.15) is 11.6 Å². The molecule has 5 rings (SSSR count). The van der Waals surface area contributed by atoms with Crippen molar-refractivity contribution in [1.29, 1.82) is 0 Å². The zero-order valence-electron chi connectivity index (χ0n) is 22.5. The van der Waals surface area contributed by atoms with Gasteiger partial charge in [-0.2, -0.15) is 0 Å². The van der Waals surface area contributed by atoms with E-state index in [1.165, 1.54) is 6.42 Å². The van der Waals surface area contributed by atoms with E-state index < -0.39 is 29.6 Å². The summed E-state index contributed by atoms with van der Waals surface area (Å²) in [4.78, 5) is 45.4. The molecule has 2 saturated heterocycles. The number of anilines is 1. The number of likely N-dealkylation sites (tertiary alicyclic amines) is 1. The van der Waals surface area contributed by atoms with E-state index in [1.807, 2.05) is 25.1 Å². The van der Waals surface area contributed by atoms with Gasteiger partial charge in [0.05, 0.1) is 17.9 Å². The van der Waals surface area contributed by atoms with Crippen LogP contribution in [-0.4, -0.2) is 77.5 Å². The molecule has 0 radical (unpaired) electrons. The zero-order chi connectivity index (χ0) is 27.0. The van der Waals surface area contributed by atoms with Crippen molar-refractivity contribution < 1.29 is 19.1 Å². The summed E-state index contributed by atoms with van der Waals surface area (Å²) in [5, 5.41) is 6.74. The average Bonchev–Trinajstić information content (AvgIpc) is 3.55. The Morgan fingerprint density at radius 2 is 1.89 bits per heavy atom. The van der Waals surface area contributed by atoms with Gasteiger partial charge in [0.2, 0.25) is 17.7 Å². The van der Waals surface area contributed by atoms with Crippen LogP contribution in [0.1, 0.15) is 51.5 Å². The molecule has 1 aliphatic carbocycles. The maximum absolute atomic E-state index is 14.0. The predicted molar refractivity (Wildman–Crippen MR) is 147 cm³/mol. The van der Waals surface area contributed by atoms with Crippen LogP contribution >= 0.6 is 11.6 Å². The quantitative estimate of drug-likeness (QED) is 0.466. The molecule has 8 nitrogen and oxygen atoms in total. The van der Waals surface area contributed by atoms with Crippen molar-refractivity contribution in [3.8, 4) is 0 Å². The molecule has 1 saturated carbocycles. The monoisotopic (exact) mass is 542 g/mol. The molecule has 1 aromatic rings. The van der Waals surface area contributed by atoms with Crippen LogP contribution in [0.15, 0.2) is 30.4 Å². The Hall–Kier alpha value is -2.42. The first-order valence-electron chi connectivity index (χ1n) is 14.1. The highest BCUT2D eigenvalue weighted by Crippen LogP contribution is 2.55. The van der Waals surface area contributed by atoms with E-state index in [0.29, 0.717) is 23.8 Å². The highest BCUT2D eigenvalue weighted by atomic mass is 35.5. The molecule has 4 aliphatic rings. The first-order chi connectivity index (χ1) is 18.3. The number of hydrogen-bond donors (Lipinski definition) is 2. The minimum atomic E-state index is -1.14. The van der Waals surface area contributed by atoms with E-state index in [-0.39, 0.29) is 23.8 Å². The number of rotatable bonds is 9. The predicted octanol–water partition coefficient (Wildman–Crippen LogP) is 3.53. The van der Waals surface area contributed by atoms with E-state index in [1.54, 1.807) is 17.0 Å². The number of amides is 3. The maximum Gasteiger partial charge on any atom is 0.246 e. The third kappa shape index (κ3) is 4.75. The Labute approximate surface area is 230 Å². The minimum absolute atomic E-state index is 0.111. The standard InChI is InChI=1S/C29H39ClN4O4/c1-4-33(5-2)15-16-34-25(27(36)31-19-9-7-6-8-10-19)29-14-13-22(38-29)23(24(29)28(34)37)26(35)32-20-12-11-18(3)21(30)17-20/h11-14,17,19,22-25H,4-10,15-16H2,1-3H3,(H,31,36)(H,32,35)/t22-,23+,24-,25+,29-/m0/s1. The van der Waals surface area contributed by atoms with Crippen LogP contribution in [0.2, 0.25) is 5.02 Å². The molecular formula is C29H39ClN4O4. The number of halogens is 1. The van der Waals surface area contributed by atoms with Gasteiger partial charge in [0.15, 0.2) is 0 Å². The van der Waals surface area contributed by atoms with Gasteiger partial charge in [-0.05, 0) is 50.6 Å². The van der Waals surface area contributed by atoms with Crippen LogP contribution < -0.4 is 10.6 Å². The first-order valence-corrected chi connectivity index (χ1v) is 14.4.